The van der Waals surface area contributed by atoms with Gasteiger partial charge in [-0.05, 0) is 30.7 Å². The van der Waals surface area contributed by atoms with E-state index in [1.165, 1.54) is 10.6 Å². The lowest BCUT2D eigenvalue weighted by Gasteiger charge is -2.16. The molecule has 0 radical (unpaired) electrons. The monoisotopic (exact) mass is 393 g/mol. The lowest BCUT2D eigenvalue weighted by Crippen LogP contribution is -2.24. The number of fused-ring (bicyclic) bond motifs is 1. The van der Waals surface area contributed by atoms with Crippen LogP contribution < -0.4 is 15.6 Å². The lowest BCUT2D eigenvalue weighted by molar-refractivity contribution is 0.414. The van der Waals surface area contributed by atoms with E-state index in [9.17, 15) is 9.18 Å². The summed E-state index contributed by atoms with van der Waals surface area (Å²) in [6.45, 7) is 1.95. The quantitative estimate of drug-likeness (QED) is 0.541. The van der Waals surface area contributed by atoms with E-state index in [1.807, 2.05) is 31.2 Å². The third-order valence-corrected chi connectivity index (χ3v) is 4.81. The number of nitrogens with zero attached hydrogens (tertiary/aromatic N) is 3. The highest BCUT2D eigenvalue weighted by molar-refractivity contribution is 5.92. The maximum absolute atomic E-state index is 13.7. The van der Waals surface area contributed by atoms with Gasteiger partial charge in [-0.25, -0.2) is 14.4 Å². The summed E-state index contributed by atoms with van der Waals surface area (Å²) in [7, 11) is 3.27. The average molecular weight is 393 g/mol. The number of anilines is 1. The summed E-state index contributed by atoms with van der Waals surface area (Å²) in [6, 6.07) is 8.83. The van der Waals surface area contributed by atoms with Crippen LogP contribution in [0.15, 0.2) is 53.7 Å². The van der Waals surface area contributed by atoms with Crippen LogP contribution in [0.5, 0.6) is 5.75 Å². The first kappa shape index (κ1) is 18.7. The summed E-state index contributed by atoms with van der Waals surface area (Å²) in [4.78, 5) is 24.2. The zero-order valence-corrected chi connectivity index (χ0v) is 16.2. The van der Waals surface area contributed by atoms with Crippen LogP contribution in [0, 0.1) is 5.82 Å². The Morgan fingerprint density at radius 1 is 1.28 bits per heavy atom. The van der Waals surface area contributed by atoms with Crippen molar-refractivity contribution < 1.29 is 9.13 Å². The van der Waals surface area contributed by atoms with Crippen molar-refractivity contribution in [2.24, 2.45) is 7.05 Å². The first-order chi connectivity index (χ1) is 14.0. The molecule has 0 aliphatic rings. The fourth-order valence-corrected chi connectivity index (χ4v) is 3.20. The minimum absolute atomic E-state index is 0.154. The zero-order valence-electron chi connectivity index (χ0n) is 16.2. The van der Waals surface area contributed by atoms with Gasteiger partial charge in [0.25, 0.3) is 5.56 Å². The maximum atomic E-state index is 13.7. The van der Waals surface area contributed by atoms with Crippen molar-refractivity contribution >= 4 is 16.9 Å². The number of aryl methyl sites for hydroxylation is 1. The summed E-state index contributed by atoms with van der Waals surface area (Å²) >= 11 is 0. The molecule has 1 atom stereocenters. The van der Waals surface area contributed by atoms with E-state index in [2.05, 4.69) is 20.3 Å². The average Bonchev–Trinajstić information content (AvgIpc) is 3.14. The molecule has 0 spiro atoms. The largest absolute Gasteiger partial charge is 0.497 e. The molecule has 0 aliphatic heterocycles. The van der Waals surface area contributed by atoms with E-state index in [0.717, 1.165) is 17.5 Å². The van der Waals surface area contributed by atoms with Crippen LogP contribution >= 0.6 is 0 Å². The second-order valence-corrected chi connectivity index (χ2v) is 6.78. The fraction of sp³-hybridized carbons (Fsp3) is 0.190. The van der Waals surface area contributed by atoms with Crippen LogP contribution in [0.25, 0.3) is 22.3 Å². The minimum atomic E-state index is -0.436. The Kier molecular flexibility index (Phi) is 4.75. The molecule has 3 aromatic heterocycles. The van der Waals surface area contributed by atoms with Crippen molar-refractivity contribution in [1.82, 2.24) is 19.5 Å². The molecule has 29 heavy (non-hydrogen) atoms. The molecule has 4 aromatic rings. The van der Waals surface area contributed by atoms with Gasteiger partial charge in [0, 0.05) is 30.4 Å². The van der Waals surface area contributed by atoms with Gasteiger partial charge in [0.1, 0.15) is 17.2 Å². The second-order valence-electron chi connectivity index (χ2n) is 6.78. The smallest absolute Gasteiger partial charge is 0.293 e. The highest BCUT2D eigenvalue weighted by atomic mass is 19.1. The number of nitrogens with one attached hydrogen (secondary N) is 2. The van der Waals surface area contributed by atoms with Gasteiger partial charge in [-0.3, -0.25) is 4.79 Å². The number of H-pyrrole nitrogens is 1. The Labute approximate surface area is 166 Å². The van der Waals surface area contributed by atoms with Crippen molar-refractivity contribution in [3.05, 3.63) is 70.7 Å². The number of aromatic amines is 1. The van der Waals surface area contributed by atoms with Crippen LogP contribution in [-0.4, -0.2) is 26.6 Å². The van der Waals surface area contributed by atoms with Crippen molar-refractivity contribution in [3.8, 4) is 17.0 Å². The molecule has 1 aromatic carbocycles. The third kappa shape index (κ3) is 3.56. The van der Waals surface area contributed by atoms with Gasteiger partial charge in [0.15, 0.2) is 5.82 Å². The van der Waals surface area contributed by atoms with Crippen LogP contribution in [-0.2, 0) is 7.05 Å². The van der Waals surface area contributed by atoms with E-state index in [4.69, 9.17) is 4.74 Å². The van der Waals surface area contributed by atoms with E-state index in [1.54, 1.807) is 26.6 Å². The van der Waals surface area contributed by atoms with Crippen LogP contribution in [0.2, 0.25) is 0 Å². The van der Waals surface area contributed by atoms with Gasteiger partial charge in [-0.1, -0.05) is 12.1 Å². The number of ether oxygens (including phenoxy) is 1. The molecule has 0 saturated carbocycles. The summed E-state index contributed by atoms with van der Waals surface area (Å²) in [5, 5.41) is 3.78. The number of hydrogen-bond donors (Lipinski definition) is 2. The highest BCUT2D eigenvalue weighted by Gasteiger charge is 2.15. The first-order valence-electron chi connectivity index (χ1n) is 9.07. The number of methoxy groups -OCH3 is 1. The normalized spacial score (nSPS) is 12.1. The topological polar surface area (TPSA) is 84.8 Å². The van der Waals surface area contributed by atoms with Gasteiger partial charge < -0.3 is 19.6 Å². The molecule has 0 fully saturated rings. The van der Waals surface area contributed by atoms with Crippen molar-refractivity contribution in [2.75, 3.05) is 12.4 Å². The lowest BCUT2D eigenvalue weighted by atomic mass is 10.1. The summed E-state index contributed by atoms with van der Waals surface area (Å²) in [6.07, 6.45) is 4.49. The second kappa shape index (κ2) is 7.38. The molecular weight excluding hydrogens is 373 g/mol. The molecule has 0 amide bonds. The Balaban J connectivity index is 1.71. The first-order valence-corrected chi connectivity index (χ1v) is 9.07. The van der Waals surface area contributed by atoms with Crippen LogP contribution in [0.3, 0.4) is 0 Å². The molecule has 3 heterocycles. The molecule has 0 aliphatic carbocycles. The molecule has 8 heteroatoms. The van der Waals surface area contributed by atoms with E-state index in [0.29, 0.717) is 22.3 Å². The number of benzene rings is 1. The molecule has 2 N–H and O–H groups in total. The Hall–Kier alpha value is -3.68. The molecule has 0 bridgehead atoms. The maximum Gasteiger partial charge on any atom is 0.293 e. The van der Waals surface area contributed by atoms with Gasteiger partial charge in [0.05, 0.1) is 25.0 Å². The van der Waals surface area contributed by atoms with Crippen LogP contribution in [0.1, 0.15) is 18.5 Å². The summed E-state index contributed by atoms with van der Waals surface area (Å²) in [5.74, 6) is 0.541. The molecule has 1 unspecified atom stereocenters. The number of rotatable bonds is 5. The van der Waals surface area contributed by atoms with E-state index in [-0.39, 0.29) is 17.4 Å². The number of pyridine rings is 1. The minimum Gasteiger partial charge on any atom is -0.497 e. The van der Waals surface area contributed by atoms with E-state index < -0.39 is 5.82 Å². The fourth-order valence-electron chi connectivity index (χ4n) is 3.20. The summed E-state index contributed by atoms with van der Waals surface area (Å²) < 4.78 is 20.3. The van der Waals surface area contributed by atoms with Crippen molar-refractivity contribution in [2.45, 2.75) is 13.0 Å². The number of hydrogen-bond acceptors (Lipinski definition) is 5. The van der Waals surface area contributed by atoms with Crippen molar-refractivity contribution in [1.29, 1.82) is 0 Å². The third-order valence-electron chi connectivity index (χ3n) is 4.81. The Morgan fingerprint density at radius 2 is 2.03 bits per heavy atom. The van der Waals surface area contributed by atoms with Gasteiger partial charge in [-0.15, -0.1) is 0 Å². The van der Waals surface area contributed by atoms with Gasteiger partial charge in [-0.2, -0.15) is 0 Å². The Morgan fingerprint density at radius 3 is 2.76 bits per heavy atom. The SMILES string of the molecule is COc1ccc(C(C)Nc2nc(-c3c[nH]c4ncc(F)cc34)cn(C)c2=O)cc1. The molecule has 0 saturated heterocycles. The molecule has 7 nitrogen and oxygen atoms in total. The standard InChI is InChI=1S/C21H20FN5O2/c1-12(13-4-6-15(29-3)7-5-13)25-20-21(28)27(2)11-18(26-20)17-10-24-19-16(17)8-14(22)9-23-19/h4-12H,1-3H3,(H,23,24)(H,25,26). The van der Waals surface area contributed by atoms with Gasteiger partial charge in [0.2, 0.25) is 0 Å². The van der Waals surface area contributed by atoms with Gasteiger partial charge >= 0.3 is 0 Å². The summed E-state index contributed by atoms with van der Waals surface area (Å²) in [5.41, 5.74) is 2.49. The molecular formula is C21H20FN5O2. The number of halogens is 1. The molecule has 148 valence electrons. The number of aromatic nitrogens is 4. The zero-order chi connectivity index (χ0) is 20.5. The van der Waals surface area contributed by atoms with Crippen molar-refractivity contribution in [3.63, 3.8) is 0 Å². The predicted molar refractivity (Wildman–Crippen MR) is 110 cm³/mol. The van der Waals surface area contributed by atoms with Crippen LogP contribution in [0.4, 0.5) is 10.2 Å². The Bertz CT molecular complexity index is 1230. The highest BCUT2D eigenvalue weighted by Crippen LogP contribution is 2.27. The molecule has 4 rings (SSSR count). The predicted octanol–water partition coefficient (Wildman–Crippen LogP) is 3.64. The van der Waals surface area contributed by atoms with E-state index >= 15 is 0 Å².